The summed E-state index contributed by atoms with van der Waals surface area (Å²) in [5.41, 5.74) is 3.32. The van der Waals surface area contributed by atoms with Crippen LogP contribution in [0.4, 0.5) is 4.79 Å². The Balaban J connectivity index is 0.000000206. The molecule has 0 aliphatic carbocycles. The highest BCUT2D eigenvalue weighted by molar-refractivity contribution is 6.62. The minimum atomic E-state index is -0.933. The number of aryl methyl sites for hydroxylation is 2. The van der Waals surface area contributed by atoms with Crippen LogP contribution in [0, 0.1) is 19.8 Å². The normalized spacial score (nSPS) is 20.0. The molecule has 0 aromatic carbocycles. The molecule has 0 radical (unpaired) electrons. The minimum Gasteiger partial charge on any atom is -0.495 e. The topological polar surface area (TPSA) is 103 Å². The molecule has 1 saturated heterocycles. The van der Waals surface area contributed by atoms with Gasteiger partial charge in [-0.05, 0) is 66.0 Å². The third kappa shape index (κ3) is 6.25. The Hall–Kier alpha value is -3.11. The van der Waals surface area contributed by atoms with Crippen molar-refractivity contribution in [3.05, 3.63) is 47.6 Å². The van der Waals surface area contributed by atoms with Crippen molar-refractivity contribution >= 4 is 24.4 Å². The highest BCUT2D eigenvalue weighted by Crippen LogP contribution is 2.36. The molecule has 1 N–H and O–H groups in total. The molecule has 1 atom stereocenters. The second kappa shape index (κ2) is 11.1. The molecule has 200 valence electrons. The number of hydrogen-bond acceptors (Lipinski definition) is 7. The lowest BCUT2D eigenvalue weighted by atomic mass is 9.80. The Kier molecular flexibility index (Phi) is 8.54. The number of pyridine rings is 2. The van der Waals surface area contributed by atoms with Gasteiger partial charge in [-0.2, -0.15) is 0 Å². The summed E-state index contributed by atoms with van der Waals surface area (Å²) in [7, 11) is 2.83. The van der Waals surface area contributed by atoms with Crippen molar-refractivity contribution in [3.63, 3.8) is 0 Å². The first-order chi connectivity index (χ1) is 17.3. The van der Waals surface area contributed by atoms with Crippen LogP contribution in [0.1, 0.15) is 58.0 Å². The van der Waals surface area contributed by atoms with Gasteiger partial charge in [-0.15, -0.1) is 0 Å². The van der Waals surface area contributed by atoms with E-state index in [2.05, 4.69) is 9.97 Å². The van der Waals surface area contributed by atoms with Gasteiger partial charge in [-0.1, -0.05) is 13.0 Å². The van der Waals surface area contributed by atoms with Gasteiger partial charge in [0.05, 0.1) is 42.5 Å². The van der Waals surface area contributed by atoms with E-state index in [1.165, 1.54) is 4.90 Å². The highest BCUT2D eigenvalue weighted by atomic mass is 16.7. The molecule has 1 fully saturated rings. The van der Waals surface area contributed by atoms with Crippen molar-refractivity contribution in [1.82, 2.24) is 14.9 Å². The molecule has 0 saturated carbocycles. The van der Waals surface area contributed by atoms with E-state index >= 15 is 0 Å². The maximum Gasteiger partial charge on any atom is 0.496 e. The number of aromatic nitrogens is 2. The predicted octanol–water partition coefficient (Wildman–Crippen LogP) is 4.46. The monoisotopic (exact) mass is 511 g/mol. The molecule has 2 aliphatic rings. The van der Waals surface area contributed by atoms with Crippen molar-refractivity contribution in [2.75, 3.05) is 20.8 Å². The van der Waals surface area contributed by atoms with Crippen molar-refractivity contribution in [2.24, 2.45) is 5.92 Å². The van der Waals surface area contributed by atoms with Crippen LogP contribution >= 0.6 is 0 Å². The summed E-state index contributed by atoms with van der Waals surface area (Å²) in [6.45, 7) is 14.5. The smallest absolute Gasteiger partial charge is 0.495 e. The SMILES string of the molecule is COc1cc(B2OC(C)(C)C(C)(C)O2)cnc1C.COc1cc(C2=CCC(C)CN2C(=O)O)cnc1C. The van der Waals surface area contributed by atoms with Crippen LogP contribution in [0.5, 0.6) is 11.5 Å². The Morgan fingerprint density at radius 1 is 1.03 bits per heavy atom. The summed E-state index contributed by atoms with van der Waals surface area (Å²) in [4.78, 5) is 21.3. The Labute approximate surface area is 219 Å². The molecular weight excluding hydrogens is 473 g/mol. The third-order valence-electron chi connectivity index (χ3n) is 7.09. The van der Waals surface area contributed by atoms with Gasteiger partial charge >= 0.3 is 13.2 Å². The fourth-order valence-electron chi connectivity index (χ4n) is 4.06. The average Bonchev–Trinajstić information content (AvgIpc) is 3.06. The van der Waals surface area contributed by atoms with Crippen LogP contribution in [0.2, 0.25) is 0 Å². The van der Waals surface area contributed by atoms with Gasteiger partial charge in [0.1, 0.15) is 11.5 Å². The standard InChI is InChI=1S/C14H18N2O3.C13H20BNO3/c1-9-4-5-12(16(8-9)14(17)18)11-6-13(19-3)10(2)15-7-11;1-9-11(16-6)7-10(8-15-9)14-17-12(2,3)13(4,5)18-14/h5-7,9H,4,8H2,1-3H3,(H,17,18);7-8H,1-6H3. The molecule has 2 aromatic heterocycles. The van der Waals surface area contributed by atoms with Crippen molar-refractivity contribution in [2.45, 2.75) is 66.1 Å². The van der Waals surface area contributed by atoms with Crippen LogP contribution in [0.15, 0.2) is 30.6 Å². The van der Waals surface area contributed by atoms with E-state index in [4.69, 9.17) is 18.8 Å². The zero-order chi connectivity index (χ0) is 27.5. The zero-order valence-electron chi connectivity index (χ0n) is 23.3. The quantitative estimate of drug-likeness (QED) is 0.601. The molecular formula is C27H38BN3O6. The summed E-state index contributed by atoms with van der Waals surface area (Å²) < 4.78 is 22.5. The van der Waals surface area contributed by atoms with E-state index in [-0.39, 0.29) is 11.2 Å². The molecule has 4 heterocycles. The number of methoxy groups -OCH3 is 2. The lowest BCUT2D eigenvalue weighted by Crippen LogP contribution is -2.41. The number of nitrogens with zero attached hydrogens (tertiary/aromatic N) is 3. The summed E-state index contributed by atoms with van der Waals surface area (Å²) in [5, 5.41) is 9.30. The zero-order valence-corrected chi connectivity index (χ0v) is 23.3. The molecule has 2 aliphatic heterocycles. The van der Waals surface area contributed by atoms with Crippen LogP contribution in [-0.4, -0.2) is 65.2 Å². The van der Waals surface area contributed by atoms with Gasteiger partial charge in [-0.3, -0.25) is 14.9 Å². The molecule has 1 amide bonds. The molecule has 9 nitrogen and oxygen atoms in total. The number of allylic oxidation sites excluding steroid dienone is 1. The van der Waals surface area contributed by atoms with Gasteiger partial charge < -0.3 is 23.9 Å². The van der Waals surface area contributed by atoms with Gasteiger partial charge in [0.15, 0.2) is 0 Å². The lowest BCUT2D eigenvalue weighted by molar-refractivity contribution is 0.00578. The molecule has 37 heavy (non-hydrogen) atoms. The first-order valence-electron chi connectivity index (χ1n) is 12.4. The van der Waals surface area contributed by atoms with Crippen molar-refractivity contribution in [3.8, 4) is 11.5 Å². The van der Waals surface area contributed by atoms with Gasteiger partial charge in [0, 0.05) is 30.0 Å². The number of carbonyl (C=O) groups is 1. The van der Waals surface area contributed by atoms with E-state index in [1.54, 1.807) is 26.6 Å². The molecule has 0 spiro atoms. The van der Waals surface area contributed by atoms with Gasteiger partial charge in [0.25, 0.3) is 0 Å². The van der Waals surface area contributed by atoms with Crippen molar-refractivity contribution in [1.29, 1.82) is 0 Å². The van der Waals surface area contributed by atoms with E-state index in [9.17, 15) is 9.90 Å². The Morgan fingerprint density at radius 2 is 1.57 bits per heavy atom. The highest BCUT2D eigenvalue weighted by Gasteiger charge is 2.51. The van der Waals surface area contributed by atoms with Crippen LogP contribution < -0.4 is 14.9 Å². The summed E-state index contributed by atoms with van der Waals surface area (Å²) in [6.07, 6.45) is 5.36. The summed E-state index contributed by atoms with van der Waals surface area (Å²) in [6, 6.07) is 3.75. The van der Waals surface area contributed by atoms with E-state index in [0.717, 1.165) is 34.6 Å². The maximum atomic E-state index is 11.3. The largest absolute Gasteiger partial charge is 0.496 e. The van der Waals surface area contributed by atoms with Crippen LogP contribution in [0.25, 0.3) is 5.70 Å². The second-order valence-corrected chi connectivity index (χ2v) is 10.5. The second-order valence-electron chi connectivity index (χ2n) is 10.5. The molecule has 4 rings (SSSR count). The van der Waals surface area contributed by atoms with E-state index < -0.39 is 13.2 Å². The fraction of sp³-hybridized carbons (Fsp3) is 0.519. The minimum absolute atomic E-state index is 0.333. The third-order valence-corrected chi connectivity index (χ3v) is 7.09. The molecule has 2 aromatic rings. The molecule has 1 unspecified atom stereocenters. The fourth-order valence-corrected chi connectivity index (χ4v) is 4.06. The number of rotatable bonds is 4. The lowest BCUT2D eigenvalue weighted by Gasteiger charge is -2.32. The Bertz CT molecular complexity index is 1150. The first-order valence-corrected chi connectivity index (χ1v) is 12.4. The summed E-state index contributed by atoms with van der Waals surface area (Å²) >= 11 is 0. The van der Waals surface area contributed by atoms with Crippen LogP contribution in [0.3, 0.4) is 0 Å². The van der Waals surface area contributed by atoms with Gasteiger partial charge in [0.2, 0.25) is 0 Å². The first kappa shape index (κ1) is 28.5. The molecule has 10 heteroatoms. The van der Waals surface area contributed by atoms with Gasteiger partial charge in [-0.25, -0.2) is 4.79 Å². The van der Waals surface area contributed by atoms with Crippen molar-refractivity contribution < 1.29 is 28.7 Å². The van der Waals surface area contributed by atoms with E-state index in [1.807, 2.05) is 66.7 Å². The number of hydrogen-bond donors (Lipinski definition) is 1. The van der Waals surface area contributed by atoms with Crippen LogP contribution in [-0.2, 0) is 9.31 Å². The number of ether oxygens (including phenoxy) is 2. The average molecular weight is 511 g/mol. The predicted molar refractivity (Wildman–Crippen MR) is 143 cm³/mol. The maximum absolute atomic E-state index is 11.3. The number of carboxylic acid groups (broad SMARTS) is 1. The molecule has 0 bridgehead atoms. The number of amides is 1. The Morgan fingerprint density at radius 3 is 2.11 bits per heavy atom. The van der Waals surface area contributed by atoms with E-state index in [0.29, 0.717) is 23.9 Å². The summed E-state index contributed by atoms with van der Waals surface area (Å²) in [5.74, 6) is 1.75.